The topological polar surface area (TPSA) is 42.9 Å². The van der Waals surface area contributed by atoms with Crippen molar-refractivity contribution < 1.29 is 4.79 Å². The van der Waals surface area contributed by atoms with Crippen LogP contribution in [0.2, 0.25) is 0 Å². The molecule has 0 saturated carbocycles. The third kappa shape index (κ3) is 3.67. The van der Waals surface area contributed by atoms with Crippen LogP contribution in [0.15, 0.2) is 34.1 Å². The monoisotopic (exact) mass is 306 g/mol. The fourth-order valence-corrected chi connectivity index (χ4v) is 3.49. The molecule has 1 aromatic carbocycles. The van der Waals surface area contributed by atoms with Gasteiger partial charge in [0, 0.05) is 5.56 Å². The molecule has 0 bridgehead atoms. The van der Waals surface area contributed by atoms with E-state index in [0.717, 1.165) is 9.90 Å². The molecule has 106 valence electrons. The molecule has 1 heterocycles. The first-order valence-electron chi connectivity index (χ1n) is 6.45. The van der Waals surface area contributed by atoms with E-state index in [2.05, 4.69) is 31.0 Å². The van der Waals surface area contributed by atoms with Crippen molar-refractivity contribution in [3.8, 4) is 0 Å². The van der Waals surface area contributed by atoms with Gasteiger partial charge in [-0.15, -0.1) is 10.2 Å². The van der Waals surface area contributed by atoms with Gasteiger partial charge in [0.1, 0.15) is 5.51 Å². The maximum absolute atomic E-state index is 12.4. The van der Waals surface area contributed by atoms with Crippen molar-refractivity contribution in [2.24, 2.45) is 0 Å². The van der Waals surface area contributed by atoms with E-state index >= 15 is 0 Å². The molecule has 0 aliphatic rings. The quantitative estimate of drug-likeness (QED) is 0.627. The fourth-order valence-electron chi connectivity index (χ4n) is 1.79. The molecule has 1 unspecified atom stereocenters. The van der Waals surface area contributed by atoms with Gasteiger partial charge in [0.25, 0.3) is 0 Å². The van der Waals surface area contributed by atoms with Crippen molar-refractivity contribution in [3.05, 3.63) is 40.9 Å². The van der Waals surface area contributed by atoms with Crippen molar-refractivity contribution in [2.45, 2.75) is 42.7 Å². The van der Waals surface area contributed by atoms with Gasteiger partial charge in [0.2, 0.25) is 0 Å². The number of Topliss-reactive ketones (excluding diaryl/α,β-unsaturated/α-hetero) is 1. The molecule has 0 radical (unpaired) electrons. The summed E-state index contributed by atoms with van der Waals surface area (Å²) in [6.45, 7) is 8.40. The minimum absolute atomic E-state index is 0.106. The van der Waals surface area contributed by atoms with Gasteiger partial charge in [-0.25, -0.2) is 0 Å². The van der Waals surface area contributed by atoms with E-state index in [9.17, 15) is 4.79 Å². The van der Waals surface area contributed by atoms with Gasteiger partial charge in [0.05, 0.1) is 5.25 Å². The molecule has 1 atom stereocenters. The van der Waals surface area contributed by atoms with Gasteiger partial charge >= 0.3 is 0 Å². The van der Waals surface area contributed by atoms with Gasteiger partial charge < -0.3 is 0 Å². The summed E-state index contributed by atoms with van der Waals surface area (Å²) < 4.78 is 0.831. The summed E-state index contributed by atoms with van der Waals surface area (Å²) in [5.74, 6) is 0.130. The Kier molecular flexibility index (Phi) is 4.60. The Hall–Kier alpha value is -1.20. The van der Waals surface area contributed by atoms with Gasteiger partial charge in [0.15, 0.2) is 10.1 Å². The maximum atomic E-state index is 12.4. The van der Waals surface area contributed by atoms with Crippen LogP contribution in [0.1, 0.15) is 43.6 Å². The van der Waals surface area contributed by atoms with Crippen molar-refractivity contribution in [2.75, 3.05) is 0 Å². The Labute approximate surface area is 127 Å². The van der Waals surface area contributed by atoms with Crippen LogP contribution in [0.3, 0.4) is 0 Å². The molecule has 0 fully saturated rings. The molecule has 0 aliphatic carbocycles. The molecule has 20 heavy (non-hydrogen) atoms. The molecule has 0 amide bonds. The Morgan fingerprint density at radius 2 is 1.90 bits per heavy atom. The van der Waals surface area contributed by atoms with Gasteiger partial charge in [-0.05, 0) is 17.9 Å². The first-order valence-corrected chi connectivity index (χ1v) is 8.21. The second-order valence-corrected chi connectivity index (χ2v) is 8.08. The predicted molar refractivity (Wildman–Crippen MR) is 84.7 cm³/mol. The van der Waals surface area contributed by atoms with Crippen LogP contribution in [-0.4, -0.2) is 21.2 Å². The molecule has 3 nitrogen and oxygen atoms in total. The number of aromatic nitrogens is 2. The van der Waals surface area contributed by atoms with E-state index in [1.807, 2.05) is 31.2 Å². The lowest BCUT2D eigenvalue weighted by molar-refractivity contribution is 0.0994. The Morgan fingerprint density at radius 3 is 2.40 bits per heavy atom. The zero-order valence-corrected chi connectivity index (χ0v) is 13.7. The van der Waals surface area contributed by atoms with E-state index in [1.165, 1.54) is 28.7 Å². The molecule has 0 N–H and O–H groups in total. The third-order valence-electron chi connectivity index (χ3n) is 3.02. The predicted octanol–water partition coefficient (Wildman–Crippen LogP) is 4.20. The molecule has 2 rings (SSSR count). The number of carbonyl (C=O) groups is 1. The third-order valence-corrected chi connectivity index (χ3v) is 4.93. The second-order valence-electron chi connectivity index (χ2n) is 5.66. The molecule has 1 aromatic heterocycles. The SMILES string of the molecule is CC(Sc1nncs1)C(=O)c1ccc(C(C)(C)C)cc1. The lowest BCUT2D eigenvalue weighted by Gasteiger charge is -2.19. The Bertz CT molecular complexity index is 571. The molecular weight excluding hydrogens is 288 g/mol. The summed E-state index contributed by atoms with van der Waals surface area (Å²) in [6, 6.07) is 7.91. The number of nitrogens with zero attached hydrogens (tertiary/aromatic N) is 2. The zero-order chi connectivity index (χ0) is 14.8. The van der Waals surface area contributed by atoms with Crippen LogP contribution in [-0.2, 0) is 5.41 Å². The van der Waals surface area contributed by atoms with Crippen molar-refractivity contribution in [3.63, 3.8) is 0 Å². The highest BCUT2D eigenvalue weighted by atomic mass is 32.2. The van der Waals surface area contributed by atoms with Crippen molar-refractivity contribution >= 4 is 28.9 Å². The molecular formula is C15H18N2OS2. The number of carbonyl (C=O) groups excluding carboxylic acids is 1. The average Bonchev–Trinajstić information content (AvgIpc) is 2.90. The van der Waals surface area contributed by atoms with Crippen LogP contribution in [0, 0.1) is 0 Å². The Morgan fingerprint density at radius 1 is 1.25 bits per heavy atom. The number of benzene rings is 1. The van der Waals surface area contributed by atoms with Gasteiger partial charge in [-0.1, -0.05) is 68.1 Å². The Balaban J connectivity index is 2.09. The number of hydrogen-bond acceptors (Lipinski definition) is 5. The number of hydrogen-bond donors (Lipinski definition) is 0. The summed E-state index contributed by atoms with van der Waals surface area (Å²) in [7, 11) is 0. The summed E-state index contributed by atoms with van der Waals surface area (Å²) in [5.41, 5.74) is 3.77. The fraction of sp³-hybridized carbons (Fsp3) is 0.400. The average molecular weight is 306 g/mol. The first kappa shape index (κ1) is 15.2. The molecule has 5 heteroatoms. The summed E-state index contributed by atoms with van der Waals surface area (Å²) in [6.07, 6.45) is 0. The second kappa shape index (κ2) is 6.06. The van der Waals surface area contributed by atoms with Crippen molar-refractivity contribution in [1.29, 1.82) is 0 Å². The van der Waals surface area contributed by atoms with Crippen LogP contribution >= 0.6 is 23.1 Å². The highest BCUT2D eigenvalue weighted by molar-refractivity contribution is 8.02. The number of thioether (sulfide) groups is 1. The van der Waals surface area contributed by atoms with Gasteiger partial charge in [-0.2, -0.15) is 0 Å². The van der Waals surface area contributed by atoms with E-state index in [4.69, 9.17) is 0 Å². The minimum atomic E-state index is -0.150. The summed E-state index contributed by atoms with van der Waals surface area (Å²) >= 11 is 2.92. The number of rotatable bonds is 4. The van der Waals surface area contributed by atoms with Crippen LogP contribution < -0.4 is 0 Å². The van der Waals surface area contributed by atoms with Crippen molar-refractivity contribution in [1.82, 2.24) is 10.2 Å². The maximum Gasteiger partial charge on any atom is 0.175 e. The number of ketones is 1. The summed E-state index contributed by atoms with van der Waals surface area (Å²) in [5, 5.41) is 7.59. The van der Waals surface area contributed by atoms with E-state index in [-0.39, 0.29) is 16.4 Å². The normalized spacial score (nSPS) is 13.2. The van der Waals surface area contributed by atoms with Crippen LogP contribution in [0.4, 0.5) is 0 Å². The first-order chi connectivity index (χ1) is 9.38. The zero-order valence-electron chi connectivity index (χ0n) is 12.1. The molecule has 2 aromatic rings. The van der Waals surface area contributed by atoms with E-state index in [0.29, 0.717) is 0 Å². The largest absolute Gasteiger partial charge is 0.293 e. The van der Waals surface area contributed by atoms with E-state index < -0.39 is 0 Å². The lowest BCUT2D eigenvalue weighted by atomic mass is 9.86. The van der Waals surface area contributed by atoms with Gasteiger partial charge in [-0.3, -0.25) is 4.79 Å². The molecule has 0 saturated heterocycles. The molecule has 0 spiro atoms. The molecule has 0 aliphatic heterocycles. The standard InChI is InChI=1S/C15H18N2OS2/c1-10(20-14-17-16-9-19-14)13(18)11-5-7-12(8-6-11)15(2,3)4/h5-10H,1-4H3. The van der Waals surface area contributed by atoms with Crippen LogP contribution in [0.25, 0.3) is 0 Å². The van der Waals surface area contributed by atoms with Crippen LogP contribution in [0.5, 0.6) is 0 Å². The summed E-state index contributed by atoms with van der Waals surface area (Å²) in [4.78, 5) is 12.4. The highest BCUT2D eigenvalue weighted by Crippen LogP contribution is 2.27. The highest BCUT2D eigenvalue weighted by Gasteiger charge is 2.19. The minimum Gasteiger partial charge on any atom is -0.293 e. The van der Waals surface area contributed by atoms with E-state index in [1.54, 1.807) is 5.51 Å². The lowest BCUT2D eigenvalue weighted by Crippen LogP contribution is -2.15. The smallest absolute Gasteiger partial charge is 0.175 e.